The molecule has 110 valence electrons. The number of rotatable bonds is 7. The van der Waals surface area contributed by atoms with Gasteiger partial charge < -0.3 is 10.0 Å². The first-order chi connectivity index (χ1) is 9.40. The third-order valence-electron chi connectivity index (χ3n) is 3.21. The highest BCUT2D eigenvalue weighted by Crippen LogP contribution is 2.09. The number of benzene rings is 1. The van der Waals surface area contributed by atoms with Crippen molar-refractivity contribution in [1.29, 1.82) is 0 Å². The number of likely N-dealkylation sites (N-methyl/N-ethyl adjacent to an activating group) is 2. The Morgan fingerprint density at radius 1 is 1.20 bits per heavy atom. The predicted molar refractivity (Wildman–Crippen MR) is 77.4 cm³/mol. The lowest BCUT2D eigenvalue weighted by Gasteiger charge is -2.22. The van der Waals surface area contributed by atoms with E-state index >= 15 is 0 Å². The fourth-order valence-electron chi connectivity index (χ4n) is 1.85. The van der Waals surface area contributed by atoms with E-state index in [1.54, 1.807) is 23.9 Å². The van der Waals surface area contributed by atoms with E-state index < -0.39 is 5.97 Å². The maximum absolute atomic E-state index is 12.1. The Morgan fingerprint density at radius 2 is 1.85 bits per heavy atom. The quantitative estimate of drug-likeness (QED) is 0.818. The number of aliphatic carboxylic acids is 1. The summed E-state index contributed by atoms with van der Waals surface area (Å²) in [6.45, 7) is 3.19. The van der Waals surface area contributed by atoms with Crippen LogP contribution in [0.5, 0.6) is 0 Å². The molecule has 1 N–H and O–H groups in total. The molecular formula is C15H22N2O3. The molecule has 1 rings (SSSR count). The van der Waals surface area contributed by atoms with Crippen LogP contribution in [0.1, 0.15) is 17.5 Å². The zero-order valence-corrected chi connectivity index (χ0v) is 12.3. The van der Waals surface area contributed by atoms with Gasteiger partial charge in [0.15, 0.2) is 0 Å². The Bertz CT molecular complexity index is 474. The van der Waals surface area contributed by atoms with E-state index in [1.165, 1.54) is 0 Å². The normalized spacial score (nSPS) is 10.6. The first-order valence-corrected chi connectivity index (χ1v) is 6.59. The maximum Gasteiger partial charge on any atom is 0.304 e. The molecule has 0 bridgehead atoms. The first-order valence-electron chi connectivity index (χ1n) is 6.59. The molecule has 0 saturated heterocycles. The van der Waals surface area contributed by atoms with Gasteiger partial charge in [-0.15, -0.1) is 0 Å². The summed E-state index contributed by atoms with van der Waals surface area (Å²) in [5.41, 5.74) is 2.28. The van der Waals surface area contributed by atoms with Gasteiger partial charge in [-0.2, -0.15) is 0 Å². The summed E-state index contributed by atoms with van der Waals surface area (Å²) in [6, 6.07) is 7.96. The summed E-state index contributed by atoms with van der Waals surface area (Å²) in [5.74, 6) is -0.862. The van der Waals surface area contributed by atoms with E-state index in [4.69, 9.17) is 5.11 Å². The standard InChI is InChI=1S/C15H22N2O3/c1-12-6-4-5-7-13(12)10-17(3)14(18)11-16(2)9-8-15(19)20/h4-7H,8-11H2,1-3H3,(H,19,20). The molecule has 0 unspecified atom stereocenters. The average Bonchev–Trinajstić information content (AvgIpc) is 2.39. The highest BCUT2D eigenvalue weighted by atomic mass is 16.4. The van der Waals surface area contributed by atoms with Crippen molar-refractivity contribution in [2.75, 3.05) is 27.2 Å². The second-order valence-corrected chi connectivity index (χ2v) is 5.06. The lowest BCUT2D eigenvalue weighted by Crippen LogP contribution is -2.37. The van der Waals surface area contributed by atoms with E-state index in [0.717, 1.165) is 11.1 Å². The minimum absolute atomic E-state index is 0.0128. The number of nitrogens with zero attached hydrogens (tertiary/aromatic N) is 2. The third-order valence-corrected chi connectivity index (χ3v) is 3.21. The molecule has 0 atom stereocenters. The van der Waals surface area contributed by atoms with Crippen LogP contribution in [-0.2, 0) is 16.1 Å². The van der Waals surface area contributed by atoms with E-state index in [0.29, 0.717) is 13.1 Å². The van der Waals surface area contributed by atoms with Crippen LogP contribution in [0, 0.1) is 6.92 Å². The number of carboxylic acids is 1. The van der Waals surface area contributed by atoms with Crippen molar-refractivity contribution < 1.29 is 14.7 Å². The number of hydrogen-bond acceptors (Lipinski definition) is 3. The van der Waals surface area contributed by atoms with Crippen molar-refractivity contribution in [2.24, 2.45) is 0 Å². The van der Waals surface area contributed by atoms with Crippen LogP contribution < -0.4 is 0 Å². The summed E-state index contributed by atoms with van der Waals surface area (Å²) < 4.78 is 0. The molecule has 1 aromatic rings. The van der Waals surface area contributed by atoms with E-state index in [1.807, 2.05) is 31.2 Å². The van der Waals surface area contributed by atoms with Crippen molar-refractivity contribution in [1.82, 2.24) is 9.80 Å². The van der Waals surface area contributed by atoms with Gasteiger partial charge in [0.25, 0.3) is 0 Å². The fourth-order valence-corrected chi connectivity index (χ4v) is 1.85. The van der Waals surface area contributed by atoms with E-state index in [-0.39, 0.29) is 18.9 Å². The van der Waals surface area contributed by atoms with Crippen molar-refractivity contribution in [3.05, 3.63) is 35.4 Å². The molecule has 1 aromatic carbocycles. The summed E-state index contributed by atoms with van der Waals surface area (Å²) in [7, 11) is 3.52. The van der Waals surface area contributed by atoms with Gasteiger partial charge in [0.05, 0.1) is 13.0 Å². The molecule has 0 heterocycles. The Kier molecular flexibility index (Phi) is 6.18. The lowest BCUT2D eigenvalue weighted by molar-refractivity contribution is -0.138. The molecule has 0 radical (unpaired) electrons. The summed E-state index contributed by atoms with van der Waals surface area (Å²) in [5, 5.41) is 8.61. The zero-order chi connectivity index (χ0) is 15.1. The van der Waals surface area contributed by atoms with Gasteiger partial charge >= 0.3 is 5.97 Å². The Morgan fingerprint density at radius 3 is 2.45 bits per heavy atom. The van der Waals surface area contributed by atoms with Crippen LogP contribution in [-0.4, -0.2) is 54.0 Å². The van der Waals surface area contributed by atoms with Crippen LogP contribution in [0.3, 0.4) is 0 Å². The maximum atomic E-state index is 12.1. The van der Waals surface area contributed by atoms with Gasteiger partial charge in [0, 0.05) is 20.1 Å². The Balaban J connectivity index is 2.47. The molecule has 0 aliphatic carbocycles. The molecule has 0 spiro atoms. The Labute approximate surface area is 119 Å². The molecule has 5 nitrogen and oxygen atoms in total. The Hall–Kier alpha value is -1.88. The zero-order valence-electron chi connectivity index (χ0n) is 12.3. The van der Waals surface area contributed by atoms with Crippen LogP contribution in [0.15, 0.2) is 24.3 Å². The topological polar surface area (TPSA) is 60.9 Å². The molecule has 0 saturated carbocycles. The molecule has 20 heavy (non-hydrogen) atoms. The first kappa shape index (κ1) is 16.2. The van der Waals surface area contributed by atoms with Crippen LogP contribution in [0.25, 0.3) is 0 Å². The van der Waals surface area contributed by atoms with Crippen LogP contribution >= 0.6 is 0 Å². The fraction of sp³-hybridized carbons (Fsp3) is 0.467. The van der Waals surface area contributed by atoms with E-state index in [9.17, 15) is 9.59 Å². The second-order valence-electron chi connectivity index (χ2n) is 5.06. The van der Waals surface area contributed by atoms with Crippen molar-refractivity contribution in [3.8, 4) is 0 Å². The number of carbonyl (C=O) groups is 2. The molecule has 1 amide bonds. The summed E-state index contributed by atoms with van der Waals surface area (Å²) in [4.78, 5) is 25.9. The van der Waals surface area contributed by atoms with Crippen molar-refractivity contribution >= 4 is 11.9 Å². The van der Waals surface area contributed by atoms with Gasteiger partial charge in [0.2, 0.25) is 5.91 Å². The molecule has 0 aliphatic rings. The van der Waals surface area contributed by atoms with Gasteiger partial charge in [0.1, 0.15) is 0 Å². The summed E-state index contributed by atoms with van der Waals surface area (Å²) in [6.07, 6.45) is 0.0469. The molecule has 5 heteroatoms. The van der Waals surface area contributed by atoms with Crippen LogP contribution in [0.4, 0.5) is 0 Å². The highest BCUT2D eigenvalue weighted by Gasteiger charge is 2.13. The smallest absolute Gasteiger partial charge is 0.304 e. The van der Waals surface area contributed by atoms with Gasteiger partial charge in [-0.25, -0.2) is 0 Å². The summed E-state index contributed by atoms with van der Waals surface area (Å²) >= 11 is 0. The monoisotopic (exact) mass is 278 g/mol. The molecule has 0 aromatic heterocycles. The van der Waals surface area contributed by atoms with Gasteiger partial charge in [-0.05, 0) is 25.1 Å². The average molecular weight is 278 g/mol. The number of amides is 1. The molecular weight excluding hydrogens is 256 g/mol. The highest BCUT2D eigenvalue weighted by molar-refractivity contribution is 5.78. The van der Waals surface area contributed by atoms with Gasteiger partial charge in [-0.1, -0.05) is 24.3 Å². The SMILES string of the molecule is Cc1ccccc1CN(C)C(=O)CN(C)CCC(=O)O. The second kappa shape index (κ2) is 7.65. The number of carboxylic acid groups (broad SMARTS) is 1. The van der Waals surface area contributed by atoms with Gasteiger partial charge in [-0.3, -0.25) is 14.5 Å². The largest absolute Gasteiger partial charge is 0.481 e. The molecule has 0 aliphatic heterocycles. The van der Waals surface area contributed by atoms with Crippen LogP contribution in [0.2, 0.25) is 0 Å². The number of hydrogen-bond donors (Lipinski definition) is 1. The van der Waals surface area contributed by atoms with Crippen molar-refractivity contribution in [3.63, 3.8) is 0 Å². The number of aryl methyl sites for hydroxylation is 1. The predicted octanol–water partition coefficient (Wildman–Crippen LogP) is 1.36. The third kappa shape index (κ3) is 5.40. The number of carbonyl (C=O) groups excluding carboxylic acids is 1. The lowest BCUT2D eigenvalue weighted by atomic mass is 10.1. The minimum atomic E-state index is -0.849. The van der Waals surface area contributed by atoms with E-state index in [2.05, 4.69) is 0 Å². The molecule has 0 fully saturated rings. The van der Waals surface area contributed by atoms with Crippen molar-refractivity contribution in [2.45, 2.75) is 19.9 Å². The minimum Gasteiger partial charge on any atom is -0.481 e.